The molecule has 9 heteroatoms. The van der Waals surface area contributed by atoms with Gasteiger partial charge in [-0.1, -0.05) is 30.1 Å². The smallest absolute Gasteiger partial charge is 0.258 e. The largest absolute Gasteiger partial charge is 0.331 e. The summed E-state index contributed by atoms with van der Waals surface area (Å²) in [7, 11) is 0. The predicted octanol–water partition coefficient (Wildman–Crippen LogP) is 5.07. The highest BCUT2D eigenvalue weighted by molar-refractivity contribution is 14.1. The highest BCUT2D eigenvalue weighted by Gasteiger charge is 2.13. The van der Waals surface area contributed by atoms with Crippen LogP contribution in [-0.4, -0.2) is 16.9 Å². The molecule has 0 spiro atoms. The number of thiocarbonyl (C=S) groups is 1. The third kappa shape index (κ3) is 5.80. The zero-order chi connectivity index (χ0) is 19.3. The number of amides is 2. The number of nitrogens with one attached hydrogen (secondary N) is 3. The first-order chi connectivity index (χ1) is 12.3. The van der Waals surface area contributed by atoms with Crippen LogP contribution in [0.25, 0.3) is 0 Å². The molecule has 2 rings (SSSR count). The second-order valence-corrected chi connectivity index (χ2v) is 7.60. The standard InChI is InChI=1S/C17H14Cl2IN3O2S/c1-2-15(24)21-10-4-6-13(19)14(8-10)22-17(26)23-16(25)11-7-9(20)3-5-12(11)18/h3-8H,2H2,1H3,(H,21,24)(H2,22,23,25,26). The molecule has 0 fully saturated rings. The fourth-order valence-corrected chi connectivity index (χ4v) is 3.01. The molecular weight excluding hydrogens is 508 g/mol. The first-order valence-corrected chi connectivity index (χ1v) is 9.71. The number of anilines is 2. The van der Waals surface area contributed by atoms with Crippen molar-refractivity contribution in [3.63, 3.8) is 0 Å². The molecule has 0 aliphatic heterocycles. The summed E-state index contributed by atoms with van der Waals surface area (Å²) in [6.07, 6.45) is 0.358. The molecule has 0 atom stereocenters. The monoisotopic (exact) mass is 521 g/mol. The van der Waals surface area contributed by atoms with Gasteiger partial charge in [0.05, 0.1) is 21.3 Å². The van der Waals surface area contributed by atoms with E-state index in [-0.39, 0.29) is 11.0 Å². The maximum atomic E-state index is 12.3. The molecule has 0 bridgehead atoms. The number of carbonyl (C=O) groups is 2. The number of hydrogen-bond acceptors (Lipinski definition) is 3. The molecule has 5 nitrogen and oxygen atoms in total. The Labute approximate surface area is 180 Å². The molecule has 2 amide bonds. The Morgan fingerprint density at radius 3 is 2.46 bits per heavy atom. The number of hydrogen-bond donors (Lipinski definition) is 3. The number of benzene rings is 2. The zero-order valence-corrected chi connectivity index (χ0v) is 18.0. The van der Waals surface area contributed by atoms with Gasteiger partial charge in [-0.25, -0.2) is 0 Å². The lowest BCUT2D eigenvalue weighted by atomic mass is 10.2. The van der Waals surface area contributed by atoms with E-state index in [1.165, 1.54) is 0 Å². The normalized spacial score (nSPS) is 10.2. The van der Waals surface area contributed by atoms with Gasteiger partial charge in [-0.2, -0.15) is 0 Å². The Morgan fingerprint density at radius 2 is 1.77 bits per heavy atom. The van der Waals surface area contributed by atoms with Gasteiger partial charge in [-0.3, -0.25) is 14.9 Å². The van der Waals surface area contributed by atoms with E-state index in [0.717, 1.165) is 3.57 Å². The quantitative estimate of drug-likeness (QED) is 0.388. The van der Waals surface area contributed by atoms with Crippen molar-refractivity contribution in [3.8, 4) is 0 Å². The molecule has 0 unspecified atom stereocenters. The first kappa shape index (κ1) is 20.9. The van der Waals surface area contributed by atoms with Crippen LogP contribution in [0.15, 0.2) is 36.4 Å². The lowest BCUT2D eigenvalue weighted by Crippen LogP contribution is -2.34. The van der Waals surface area contributed by atoms with Crippen LogP contribution < -0.4 is 16.0 Å². The molecular formula is C17H14Cl2IN3O2S. The van der Waals surface area contributed by atoms with Gasteiger partial charge in [0.15, 0.2) is 5.11 Å². The molecule has 0 saturated carbocycles. The number of halogens is 3. The average Bonchev–Trinajstić information content (AvgIpc) is 2.59. The molecule has 0 saturated heterocycles. The van der Waals surface area contributed by atoms with Crippen molar-refractivity contribution in [2.75, 3.05) is 10.6 Å². The van der Waals surface area contributed by atoms with E-state index in [9.17, 15) is 9.59 Å². The van der Waals surface area contributed by atoms with Crippen molar-refractivity contribution in [1.82, 2.24) is 5.32 Å². The van der Waals surface area contributed by atoms with Crippen molar-refractivity contribution in [2.45, 2.75) is 13.3 Å². The highest BCUT2D eigenvalue weighted by Crippen LogP contribution is 2.26. The van der Waals surface area contributed by atoms with E-state index in [0.29, 0.717) is 33.4 Å². The van der Waals surface area contributed by atoms with E-state index in [2.05, 4.69) is 38.5 Å². The van der Waals surface area contributed by atoms with E-state index in [4.69, 9.17) is 35.4 Å². The second-order valence-electron chi connectivity index (χ2n) is 5.13. The Balaban J connectivity index is 2.09. The fraction of sp³-hybridized carbons (Fsp3) is 0.118. The lowest BCUT2D eigenvalue weighted by Gasteiger charge is -2.13. The molecule has 0 radical (unpaired) electrons. The van der Waals surface area contributed by atoms with Crippen LogP contribution in [0, 0.1) is 3.57 Å². The molecule has 0 aliphatic rings. The maximum absolute atomic E-state index is 12.3. The van der Waals surface area contributed by atoms with Crippen LogP contribution >= 0.6 is 58.0 Å². The Morgan fingerprint density at radius 1 is 1.08 bits per heavy atom. The summed E-state index contributed by atoms with van der Waals surface area (Å²) in [5, 5.41) is 8.91. The molecule has 26 heavy (non-hydrogen) atoms. The lowest BCUT2D eigenvalue weighted by molar-refractivity contribution is -0.115. The van der Waals surface area contributed by atoms with Crippen molar-refractivity contribution in [1.29, 1.82) is 0 Å². The third-order valence-electron chi connectivity index (χ3n) is 3.22. The predicted molar refractivity (Wildman–Crippen MR) is 118 cm³/mol. The van der Waals surface area contributed by atoms with Crippen molar-refractivity contribution >= 4 is 86.3 Å². The van der Waals surface area contributed by atoms with Crippen molar-refractivity contribution in [2.24, 2.45) is 0 Å². The minimum Gasteiger partial charge on any atom is -0.331 e. The molecule has 0 aliphatic carbocycles. The van der Waals surface area contributed by atoms with Gasteiger partial charge in [-0.15, -0.1) is 0 Å². The van der Waals surface area contributed by atoms with Crippen LogP contribution in [0.1, 0.15) is 23.7 Å². The summed E-state index contributed by atoms with van der Waals surface area (Å²) >= 11 is 19.5. The van der Waals surface area contributed by atoms with Crippen LogP contribution in [-0.2, 0) is 4.79 Å². The number of rotatable bonds is 4. The minimum atomic E-state index is -0.433. The van der Waals surface area contributed by atoms with Gasteiger partial charge in [0.25, 0.3) is 5.91 Å². The summed E-state index contributed by atoms with van der Waals surface area (Å²) < 4.78 is 0.874. The number of carbonyl (C=O) groups excluding carboxylic acids is 2. The van der Waals surface area contributed by atoms with E-state index in [1.54, 1.807) is 43.3 Å². The van der Waals surface area contributed by atoms with Crippen LogP contribution in [0.2, 0.25) is 10.0 Å². The van der Waals surface area contributed by atoms with Gasteiger partial charge >= 0.3 is 0 Å². The van der Waals surface area contributed by atoms with Crippen molar-refractivity contribution < 1.29 is 9.59 Å². The summed E-state index contributed by atoms with van der Waals surface area (Å²) in [6.45, 7) is 1.75. The van der Waals surface area contributed by atoms with Gasteiger partial charge in [-0.05, 0) is 71.2 Å². The molecule has 2 aromatic rings. The molecule has 3 N–H and O–H groups in total. The van der Waals surface area contributed by atoms with Crippen molar-refractivity contribution in [3.05, 3.63) is 55.6 Å². The Hall–Kier alpha value is -1.42. The SMILES string of the molecule is CCC(=O)Nc1ccc(Cl)c(NC(=S)NC(=O)c2cc(I)ccc2Cl)c1. The summed E-state index contributed by atoms with van der Waals surface area (Å²) in [5.74, 6) is -0.556. The van der Waals surface area contributed by atoms with E-state index in [1.807, 2.05) is 0 Å². The van der Waals surface area contributed by atoms with Gasteiger partial charge in [0, 0.05) is 15.7 Å². The van der Waals surface area contributed by atoms with E-state index < -0.39 is 5.91 Å². The second kappa shape index (κ2) is 9.50. The fourth-order valence-electron chi connectivity index (χ4n) is 1.94. The van der Waals surface area contributed by atoms with Gasteiger partial charge in [0.2, 0.25) is 5.91 Å². The third-order valence-corrected chi connectivity index (χ3v) is 4.75. The maximum Gasteiger partial charge on any atom is 0.258 e. The summed E-state index contributed by atoms with van der Waals surface area (Å²) in [4.78, 5) is 23.8. The van der Waals surface area contributed by atoms with Crippen LogP contribution in [0.3, 0.4) is 0 Å². The summed E-state index contributed by atoms with van der Waals surface area (Å²) in [5.41, 5.74) is 1.34. The Kier molecular flexibility index (Phi) is 7.63. The highest BCUT2D eigenvalue weighted by atomic mass is 127. The van der Waals surface area contributed by atoms with Crippen LogP contribution in [0.4, 0.5) is 11.4 Å². The van der Waals surface area contributed by atoms with Crippen LogP contribution in [0.5, 0.6) is 0 Å². The van der Waals surface area contributed by atoms with Gasteiger partial charge in [0.1, 0.15) is 0 Å². The minimum absolute atomic E-state index is 0.0609. The molecule has 2 aromatic carbocycles. The van der Waals surface area contributed by atoms with E-state index >= 15 is 0 Å². The molecule has 0 aromatic heterocycles. The zero-order valence-electron chi connectivity index (χ0n) is 13.5. The summed E-state index contributed by atoms with van der Waals surface area (Å²) in [6, 6.07) is 10.0. The average molecular weight is 522 g/mol. The Bertz CT molecular complexity index is 877. The molecule has 136 valence electrons. The first-order valence-electron chi connectivity index (χ1n) is 7.47. The van der Waals surface area contributed by atoms with Gasteiger partial charge < -0.3 is 10.6 Å². The topological polar surface area (TPSA) is 70.2 Å². The molecule has 0 heterocycles.